The van der Waals surface area contributed by atoms with E-state index < -0.39 is 15.5 Å². The van der Waals surface area contributed by atoms with Gasteiger partial charge in [-0.2, -0.15) is 8.42 Å². The Morgan fingerprint density at radius 3 is 1.70 bits per heavy atom. The van der Waals surface area contributed by atoms with Crippen molar-refractivity contribution in [3.8, 4) is 0 Å². The summed E-state index contributed by atoms with van der Waals surface area (Å²) in [7, 11) is -4.02. The zero-order chi connectivity index (χ0) is 7.65. The summed E-state index contributed by atoms with van der Waals surface area (Å²) in [6, 6.07) is 0. The maximum absolute atomic E-state index is 10.2. The number of nitrogens with two attached hydrogens (primary N) is 1. The molecule has 0 bridgehead atoms. The fourth-order valence-corrected chi connectivity index (χ4v) is 1.03. The van der Waals surface area contributed by atoms with E-state index >= 15 is 0 Å². The van der Waals surface area contributed by atoms with Crippen LogP contribution in [0.15, 0.2) is 0 Å². The normalized spacial score (nSPS) is 14.5. The van der Waals surface area contributed by atoms with E-state index in [1.54, 1.807) is 13.8 Å². The molecule has 3 N–H and O–H groups in total. The molecule has 0 amide bonds. The predicted molar refractivity (Wildman–Crippen MR) is 40.1 cm³/mol. The van der Waals surface area contributed by atoms with Crippen molar-refractivity contribution in [2.24, 2.45) is 11.7 Å². The molecule has 0 heterocycles. The van der Waals surface area contributed by atoms with E-state index in [0.717, 1.165) is 0 Å². The summed E-state index contributed by atoms with van der Waals surface area (Å²) in [4.78, 5) is 0. The topological polar surface area (TPSA) is 80.4 Å². The number of hydrogen-bond acceptors (Lipinski definition) is 3. The second kappa shape index (κ2) is 4.37. The summed E-state index contributed by atoms with van der Waals surface area (Å²) >= 11 is 0. The van der Waals surface area contributed by atoms with E-state index in [0.29, 0.717) is 0 Å². The molecule has 0 aromatic heterocycles. The minimum absolute atomic E-state index is 0. The van der Waals surface area contributed by atoms with Crippen LogP contribution in [-0.2, 0) is 10.1 Å². The third kappa shape index (κ3) is 4.31. The quantitative estimate of drug-likeness (QED) is 0.419. The summed E-state index contributed by atoms with van der Waals surface area (Å²) in [5, 5.41) is -1.16. The van der Waals surface area contributed by atoms with Crippen LogP contribution in [0, 0.1) is 5.92 Å². The van der Waals surface area contributed by atoms with Gasteiger partial charge in [0.05, 0.1) is 0 Å². The minimum Gasteiger partial charge on any atom is -0.313 e. The van der Waals surface area contributed by atoms with Crippen LogP contribution in [0.25, 0.3) is 0 Å². The van der Waals surface area contributed by atoms with Crippen molar-refractivity contribution in [1.82, 2.24) is 0 Å². The van der Waals surface area contributed by atoms with E-state index in [-0.39, 0.29) is 24.8 Å². The van der Waals surface area contributed by atoms with Crippen LogP contribution in [0.1, 0.15) is 13.8 Å². The molecular weight excluding hydrogens is 149 g/mol. The largest absolute Gasteiger partial charge is 0.313 e. The fourth-order valence-electron chi connectivity index (χ4n) is 0.344. The summed E-state index contributed by atoms with van der Waals surface area (Å²) in [5.74, 6) is -0.250. The van der Waals surface area contributed by atoms with E-state index in [1.165, 1.54) is 0 Å². The third-order valence-electron chi connectivity index (χ3n) is 1.00. The van der Waals surface area contributed by atoms with Gasteiger partial charge in [0.15, 0.2) is 0 Å². The van der Waals surface area contributed by atoms with Crippen LogP contribution in [0.3, 0.4) is 0 Å². The molecule has 0 aliphatic rings. The Bertz CT molecular complexity index is 177. The first-order valence-corrected chi connectivity index (χ1v) is 4.08. The molecule has 0 aliphatic heterocycles. The molecule has 1 atom stereocenters. The van der Waals surface area contributed by atoms with E-state index in [4.69, 9.17) is 10.3 Å². The first-order valence-electron chi connectivity index (χ1n) is 2.57. The molecule has 57 valence electrons. The van der Waals surface area contributed by atoms with Gasteiger partial charge in [-0.05, 0) is 5.92 Å². The maximum atomic E-state index is 10.2. The summed E-state index contributed by atoms with van der Waals surface area (Å²) < 4.78 is 28.7. The standard InChI is InChI=1S/C4H11NO3S.Li/c1-3(2)4(5)9(6,7)8;/h3-4H,5H2,1-2H3,(H,6,7,8);. The van der Waals surface area contributed by atoms with Crippen LogP contribution in [0.4, 0.5) is 0 Å². The maximum Gasteiger partial charge on any atom is 0.281 e. The third-order valence-corrected chi connectivity index (χ3v) is 2.23. The Kier molecular flexibility index (Phi) is 5.71. The SMILES string of the molecule is CC(C)C(N)S(=O)(=O)O.[Li]. The van der Waals surface area contributed by atoms with Crippen molar-refractivity contribution in [1.29, 1.82) is 0 Å². The first kappa shape index (κ1) is 13.1. The molecule has 1 radical (unpaired) electrons. The van der Waals surface area contributed by atoms with E-state index in [1.807, 2.05) is 0 Å². The van der Waals surface area contributed by atoms with Gasteiger partial charge in [0.2, 0.25) is 0 Å². The second-order valence-corrected chi connectivity index (χ2v) is 3.80. The number of hydrogen-bond donors (Lipinski definition) is 2. The van der Waals surface area contributed by atoms with Crippen molar-refractivity contribution in [2.45, 2.75) is 19.2 Å². The van der Waals surface area contributed by atoms with Crippen molar-refractivity contribution >= 4 is 29.0 Å². The summed E-state index contributed by atoms with van der Waals surface area (Å²) in [6.07, 6.45) is 0. The van der Waals surface area contributed by atoms with Crippen LogP contribution in [0.5, 0.6) is 0 Å². The van der Waals surface area contributed by atoms with Gasteiger partial charge in [-0.15, -0.1) is 0 Å². The Hall–Kier alpha value is 0.467. The van der Waals surface area contributed by atoms with E-state index in [2.05, 4.69) is 0 Å². The molecular formula is C4H11LiNO3S. The van der Waals surface area contributed by atoms with Crippen LogP contribution >= 0.6 is 0 Å². The van der Waals surface area contributed by atoms with Crippen LogP contribution in [0.2, 0.25) is 0 Å². The van der Waals surface area contributed by atoms with Gasteiger partial charge in [-0.3, -0.25) is 4.55 Å². The Labute approximate surface area is 73.1 Å². The van der Waals surface area contributed by atoms with Gasteiger partial charge in [-0.1, -0.05) is 13.8 Å². The summed E-state index contributed by atoms with van der Waals surface area (Å²) in [5.41, 5.74) is 5.06. The molecule has 0 rings (SSSR count). The van der Waals surface area contributed by atoms with Gasteiger partial charge >= 0.3 is 0 Å². The van der Waals surface area contributed by atoms with Gasteiger partial charge in [0, 0.05) is 18.9 Å². The van der Waals surface area contributed by atoms with Crippen LogP contribution in [-0.4, -0.2) is 37.2 Å². The van der Waals surface area contributed by atoms with Crippen LogP contribution < -0.4 is 5.73 Å². The van der Waals surface area contributed by atoms with Gasteiger partial charge < -0.3 is 5.73 Å². The monoisotopic (exact) mass is 160 g/mol. The molecule has 0 saturated carbocycles. The summed E-state index contributed by atoms with van der Waals surface area (Å²) in [6.45, 7) is 3.25. The van der Waals surface area contributed by atoms with E-state index in [9.17, 15) is 8.42 Å². The molecule has 1 unspecified atom stereocenters. The zero-order valence-corrected chi connectivity index (χ0v) is 7.22. The molecule has 0 aromatic rings. The Morgan fingerprint density at radius 2 is 1.70 bits per heavy atom. The molecule has 10 heavy (non-hydrogen) atoms. The Balaban J connectivity index is 0. The molecule has 0 spiro atoms. The minimum atomic E-state index is -4.02. The van der Waals surface area contributed by atoms with Crippen molar-refractivity contribution < 1.29 is 13.0 Å². The molecule has 6 heteroatoms. The second-order valence-electron chi connectivity index (χ2n) is 2.22. The van der Waals surface area contributed by atoms with Gasteiger partial charge in [0.1, 0.15) is 5.37 Å². The average molecular weight is 160 g/mol. The first-order chi connectivity index (χ1) is 3.85. The van der Waals surface area contributed by atoms with Gasteiger partial charge in [0.25, 0.3) is 10.1 Å². The molecule has 0 aromatic carbocycles. The van der Waals surface area contributed by atoms with Crippen molar-refractivity contribution in [2.75, 3.05) is 0 Å². The Morgan fingerprint density at radius 1 is 1.40 bits per heavy atom. The fraction of sp³-hybridized carbons (Fsp3) is 1.00. The predicted octanol–water partition coefficient (Wildman–Crippen LogP) is -0.566. The van der Waals surface area contributed by atoms with Crippen molar-refractivity contribution in [3.05, 3.63) is 0 Å². The zero-order valence-electron chi connectivity index (χ0n) is 6.40. The van der Waals surface area contributed by atoms with Crippen molar-refractivity contribution in [3.63, 3.8) is 0 Å². The smallest absolute Gasteiger partial charge is 0.281 e. The van der Waals surface area contributed by atoms with Gasteiger partial charge in [-0.25, -0.2) is 0 Å². The molecule has 0 saturated heterocycles. The molecule has 0 aliphatic carbocycles. The molecule has 0 fully saturated rings. The molecule has 4 nitrogen and oxygen atoms in total. The average Bonchev–Trinajstić information content (AvgIpc) is 1.62. The number of rotatable bonds is 2.